The molecule has 3 aromatic rings. The molecule has 0 bridgehead atoms. The maximum absolute atomic E-state index is 12.5. The molecule has 1 aromatic heterocycles. The minimum absolute atomic E-state index is 0.185. The van der Waals surface area contributed by atoms with Crippen molar-refractivity contribution in [2.45, 2.75) is 13.3 Å². The molecule has 1 heterocycles. The highest BCUT2D eigenvalue weighted by Crippen LogP contribution is 2.20. The Balaban J connectivity index is 1.51. The molecule has 3 rings (SSSR count). The monoisotopic (exact) mass is 350 g/mol. The van der Waals surface area contributed by atoms with Crippen LogP contribution in [0, 0.1) is 6.92 Å². The third kappa shape index (κ3) is 4.51. The molecule has 0 aliphatic carbocycles. The Bertz CT molecular complexity index is 841. The molecule has 1 amide bonds. The first-order valence-electron chi connectivity index (χ1n) is 8.60. The van der Waals surface area contributed by atoms with Gasteiger partial charge in [0.2, 0.25) is 5.76 Å². The molecule has 0 atom stereocenters. The van der Waals surface area contributed by atoms with Gasteiger partial charge in [-0.2, -0.15) is 0 Å². The second-order valence-electron chi connectivity index (χ2n) is 6.18. The second kappa shape index (κ2) is 8.34. The van der Waals surface area contributed by atoms with Gasteiger partial charge in [-0.25, -0.2) is 0 Å². The summed E-state index contributed by atoms with van der Waals surface area (Å²) in [6, 6.07) is 19.3. The number of amides is 1. The smallest absolute Gasteiger partial charge is 0.292 e. The number of hydrogen-bond acceptors (Lipinski definition) is 4. The molecule has 134 valence electrons. The maximum atomic E-state index is 12.5. The van der Waals surface area contributed by atoms with Crippen LogP contribution in [0.15, 0.2) is 65.2 Å². The Morgan fingerprint density at radius 1 is 1.12 bits per heavy atom. The number of hydrogen-bond donors (Lipinski definition) is 0. The quantitative estimate of drug-likeness (QED) is 0.600. The zero-order valence-electron chi connectivity index (χ0n) is 15.0. The van der Waals surface area contributed by atoms with Crippen molar-refractivity contribution < 1.29 is 14.1 Å². The topological polar surface area (TPSA) is 55.6 Å². The van der Waals surface area contributed by atoms with Crippen molar-refractivity contribution in [1.82, 2.24) is 10.1 Å². The molecule has 5 heteroatoms. The third-order valence-corrected chi connectivity index (χ3v) is 4.06. The summed E-state index contributed by atoms with van der Waals surface area (Å²) >= 11 is 0. The van der Waals surface area contributed by atoms with Gasteiger partial charge in [-0.3, -0.25) is 4.79 Å². The minimum atomic E-state index is -0.185. The molecule has 0 radical (unpaired) electrons. The average molecular weight is 350 g/mol. The van der Waals surface area contributed by atoms with E-state index in [0.29, 0.717) is 18.8 Å². The van der Waals surface area contributed by atoms with Crippen molar-refractivity contribution in [3.63, 3.8) is 0 Å². The van der Waals surface area contributed by atoms with E-state index in [-0.39, 0.29) is 11.7 Å². The van der Waals surface area contributed by atoms with Gasteiger partial charge in [0, 0.05) is 25.2 Å². The van der Waals surface area contributed by atoms with E-state index in [0.717, 1.165) is 17.7 Å². The van der Waals surface area contributed by atoms with E-state index in [1.54, 1.807) is 18.0 Å². The number of carbonyl (C=O) groups excluding carboxylic acids is 1. The van der Waals surface area contributed by atoms with Crippen LogP contribution in [-0.2, 0) is 0 Å². The van der Waals surface area contributed by atoms with Gasteiger partial charge in [-0.05, 0) is 25.5 Å². The van der Waals surface area contributed by atoms with Crippen LogP contribution in [-0.4, -0.2) is 36.2 Å². The lowest BCUT2D eigenvalue weighted by Crippen LogP contribution is -2.28. The fourth-order valence-corrected chi connectivity index (χ4v) is 2.53. The highest BCUT2D eigenvalue weighted by molar-refractivity contribution is 5.92. The van der Waals surface area contributed by atoms with Gasteiger partial charge in [0.15, 0.2) is 0 Å². The van der Waals surface area contributed by atoms with Crippen LogP contribution >= 0.6 is 0 Å². The lowest BCUT2D eigenvalue weighted by molar-refractivity contribution is 0.0746. The van der Waals surface area contributed by atoms with Gasteiger partial charge in [-0.1, -0.05) is 53.2 Å². The van der Waals surface area contributed by atoms with E-state index in [4.69, 9.17) is 9.26 Å². The first-order chi connectivity index (χ1) is 12.6. The number of para-hydroxylation sites is 1. The number of ether oxygens (including phenoxy) is 1. The van der Waals surface area contributed by atoms with Crippen LogP contribution in [0.2, 0.25) is 0 Å². The molecule has 0 aliphatic rings. The minimum Gasteiger partial charge on any atom is -0.494 e. The number of rotatable bonds is 7. The summed E-state index contributed by atoms with van der Waals surface area (Å²) in [5.74, 6) is 0.891. The van der Waals surface area contributed by atoms with Crippen molar-refractivity contribution in [2.75, 3.05) is 20.2 Å². The molecule has 0 unspecified atom stereocenters. The highest BCUT2D eigenvalue weighted by Gasteiger charge is 2.18. The maximum Gasteiger partial charge on any atom is 0.292 e. The van der Waals surface area contributed by atoms with Crippen molar-refractivity contribution in [3.8, 4) is 17.0 Å². The van der Waals surface area contributed by atoms with Crippen LogP contribution in [0.4, 0.5) is 0 Å². The number of aromatic nitrogens is 1. The van der Waals surface area contributed by atoms with Crippen molar-refractivity contribution in [3.05, 3.63) is 72.0 Å². The van der Waals surface area contributed by atoms with Crippen molar-refractivity contribution in [2.24, 2.45) is 0 Å². The molecule has 0 saturated carbocycles. The molecular formula is C21H22N2O3. The summed E-state index contributed by atoms with van der Waals surface area (Å²) in [7, 11) is 1.75. The van der Waals surface area contributed by atoms with Gasteiger partial charge in [0.25, 0.3) is 5.91 Å². The SMILES string of the molecule is Cc1ccc(-c2cc(C(=O)N(C)CCCOc3ccccc3)on2)cc1. The van der Waals surface area contributed by atoms with Gasteiger partial charge in [0.05, 0.1) is 6.61 Å². The Morgan fingerprint density at radius 3 is 2.58 bits per heavy atom. The summed E-state index contributed by atoms with van der Waals surface area (Å²) < 4.78 is 10.9. The van der Waals surface area contributed by atoms with E-state index >= 15 is 0 Å². The summed E-state index contributed by atoms with van der Waals surface area (Å²) in [4.78, 5) is 14.1. The molecular weight excluding hydrogens is 328 g/mol. The van der Waals surface area contributed by atoms with E-state index in [9.17, 15) is 4.79 Å². The Kier molecular flexibility index (Phi) is 5.69. The standard InChI is InChI=1S/C21H22N2O3/c1-16-9-11-17(12-10-16)19-15-20(26-22-19)21(24)23(2)13-6-14-25-18-7-4-3-5-8-18/h3-5,7-12,15H,6,13-14H2,1-2H3. The molecule has 2 aromatic carbocycles. The van der Waals surface area contributed by atoms with Crippen LogP contribution in [0.25, 0.3) is 11.3 Å². The molecule has 5 nitrogen and oxygen atoms in total. The molecule has 0 fully saturated rings. The van der Waals surface area contributed by atoms with Gasteiger partial charge < -0.3 is 14.2 Å². The third-order valence-electron chi connectivity index (χ3n) is 4.06. The van der Waals surface area contributed by atoms with Gasteiger partial charge in [0.1, 0.15) is 11.4 Å². The first-order valence-corrected chi connectivity index (χ1v) is 8.60. The summed E-state index contributed by atoms with van der Waals surface area (Å²) in [6.07, 6.45) is 0.732. The van der Waals surface area contributed by atoms with Crippen LogP contribution in [0.5, 0.6) is 5.75 Å². The average Bonchev–Trinajstić information content (AvgIpc) is 3.16. The van der Waals surface area contributed by atoms with E-state index < -0.39 is 0 Å². The first kappa shape index (κ1) is 17.7. The Morgan fingerprint density at radius 2 is 1.85 bits per heavy atom. The largest absolute Gasteiger partial charge is 0.494 e. The van der Waals surface area contributed by atoms with E-state index in [1.807, 2.05) is 61.5 Å². The summed E-state index contributed by atoms with van der Waals surface area (Å²) in [5, 5.41) is 4.01. The Hall–Kier alpha value is -3.08. The molecule has 0 saturated heterocycles. The van der Waals surface area contributed by atoms with Crippen molar-refractivity contribution in [1.29, 1.82) is 0 Å². The molecule has 0 N–H and O–H groups in total. The lowest BCUT2D eigenvalue weighted by atomic mass is 10.1. The molecule has 0 aliphatic heterocycles. The molecule has 0 spiro atoms. The van der Waals surface area contributed by atoms with Crippen LogP contribution in [0.1, 0.15) is 22.5 Å². The van der Waals surface area contributed by atoms with Crippen LogP contribution < -0.4 is 4.74 Å². The Labute approximate surface area is 153 Å². The fraction of sp³-hybridized carbons (Fsp3) is 0.238. The van der Waals surface area contributed by atoms with Gasteiger partial charge in [-0.15, -0.1) is 0 Å². The van der Waals surface area contributed by atoms with Gasteiger partial charge >= 0.3 is 0 Å². The van der Waals surface area contributed by atoms with Crippen molar-refractivity contribution >= 4 is 5.91 Å². The predicted molar refractivity (Wildman–Crippen MR) is 100 cm³/mol. The zero-order chi connectivity index (χ0) is 18.4. The number of benzene rings is 2. The number of carbonyl (C=O) groups is 1. The number of aryl methyl sites for hydroxylation is 1. The summed E-state index contributed by atoms with van der Waals surface area (Å²) in [6.45, 7) is 3.15. The normalized spacial score (nSPS) is 10.5. The summed E-state index contributed by atoms with van der Waals surface area (Å²) in [5.41, 5.74) is 2.76. The van der Waals surface area contributed by atoms with E-state index in [1.165, 1.54) is 5.56 Å². The molecule has 26 heavy (non-hydrogen) atoms. The lowest BCUT2D eigenvalue weighted by Gasteiger charge is -2.15. The number of nitrogens with zero attached hydrogens (tertiary/aromatic N) is 2. The van der Waals surface area contributed by atoms with E-state index in [2.05, 4.69) is 5.16 Å². The zero-order valence-corrected chi connectivity index (χ0v) is 15.0. The highest BCUT2D eigenvalue weighted by atomic mass is 16.5. The second-order valence-corrected chi connectivity index (χ2v) is 6.18. The van der Waals surface area contributed by atoms with Crippen LogP contribution in [0.3, 0.4) is 0 Å². The predicted octanol–water partition coefficient (Wildman–Crippen LogP) is 4.19. The fourth-order valence-electron chi connectivity index (χ4n) is 2.53.